The van der Waals surface area contributed by atoms with Crippen LogP contribution >= 0.6 is 0 Å². The van der Waals surface area contributed by atoms with Gasteiger partial charge in [0.15, 0.2) is 0 Å². The summed E-state index contributed by atoms with van der Waals surface area (Å²) < 4.78 is 10.6. The molecule has 0 aromatic heterocycles. The second-order valence-corrected chi connectivity index (χ2v) is 8.65. The topological polar surface area (TPSA) is 76.7 Å². The first-order valence-corrected chi connectivity index (χ1v) is 9.80. The number of rotatable bonds is 5. The van der Waals surface area contributed by atoms with E-state index in [1.54, 1.807) is 7.11 Å². The predicted octanol–water partition coefficient (Wildman–Crippen LogP) is 3.59. The maximum atomic E-state index is 13.1. The van der Waals surface area contributed by atoms with Crippen LogP contribution in [0.25, 0.3) is 0 Å². The number of allylic oxidation sites excluding steroid dienone is 1. The quantitative estimate of drug-likeness (QED) is 0.758. The van der Waals surface area contributed by atoms with Crippen molar-refractivity contribution in [2.75, 3.05) is 7.11 Å². The average molecular weight is 386 g/mol. The van der Waals surface area contributed by atoms with E-state index in [1.807, 2.05) is 52.0 Å². The third-order valence-electron chi connectivity index (χ3n) is 5.42. The van der Waals surface area contributed by atoms with Gasteiger partial charge in [0.1, 0.15) is 11.4 Å². The van der Waals surface area contributed by atoms with Crippen LogP contribution in [0, 0.1) is 17.8 Å². The number of hydrogen-bond donors (Lipinski definition) is 2. The number of carbonyl (C=O) groups excluding carboxylic acids is 2. The molecule has 0 saturated heterocycles. The minimum absolute atomic E-state index is 0.0405. The van der Waals surface area contributed by atoms with Gasteiger partial charge in [-0.1, -0.05) is 24.3 Å². The fraction of sp³-hybridized carbons (Fsp3) is 0.545. The van der Waals surface area contributed by atoms with Crippen LogP contribution in [-0.2, 0) is 9.53 Å². The van der Waals surface area contributed by atoms with Crippen molar-refractivity contribution >= 4 is 12.0 Å². The Kier molecular flexibility index (Phi) is 5.68. The molecule has 152 valence electrons. The molecule has 2 aliphatic carbocycles. The molecule has 1 saturated carbocycles. The van der Waals surface area contributed by atoms with Crippen molar-refractivity contribution in [3.63, 3.8) is 0 Å². The highest BCUT2D eigenvalue weighted by molar-refractivity contribution is 5.82. The van der Waals surface area contributed by atoms with E-state index in [1.165, 1.54) is 0 Å². The van der Waals surface area contributed by atoms with E-state index >= 15 is 0 Å². The van der Waals surface area contributed by atoms with E-state index in [2.05, 4.69) is 22.8 Å². The Hall–Kier alpha value is -2.50. The van der Waals surface area contributed by atoms with Crippen molar-refractivity contribution in [2.45, 2.75) is 51.8 Å². The van der Waals surface area contributed by atoms with Gasteiger partial charge in [0.2, 0.25) is 5.91 Å². The van der Waals surface area contributed by atoms with E-state index in [0.29, 0.717) is 0 Å². The lowest BCUT2D eigenvalue weighted by molar-refractivity contribution is -0.127. The summed E-state index contributed by atoms with van der Waals surface area (Å²) in [4.78, 5) is 25.3. The molecule has 1 aromatic rings. The van der Waals surface area contributed by atoms with Gasteiger partial charge in [-0.3, -0.25) is 4.79 Å². The number of ether oxygens (including phenoxy) is 2. The van der Waals surface area contributed by atoms with Crippen LogP contribution < -0.4 is 15.4 Å². The Morgan fingerprint density at radius 3 is 2.36 bits per heavy atom. The summed E-state index contributed by atoms with van der Waals surface area (Å²) in [5, 5.41) is 6.04. The highest BCUT2D eigenvalue weighted by Gasteiger charge is 2.49. The van der Waals surface area contributed by atoms with Crippen molar-refractivity contribution in [3.05, 3.63) is 42.0 Å². The van der Waals surface area contributed by atoms with Gasteiger partial charge in [0.05, 0.1) is 25.1 Å². The Balaban J connectivity index is 1.66. The Bertz CT molecular complexity index is 751. The predicted molar refractivity (Wildman–Crippen MR) is 107 cm³/mol. The van der Waals surface area contributed by atoms with E-state index in [0.717, 1.165) is 17.7 Å². The van der Waals surface area contributed by atoms with Crippen LogP contribution in [0.15, 0.2) is 36.4 Å². The summed E-state index contributed by atoms with van der Waals surface area (Å²) in [5.41, 5.74) is 0.433. The van der Waals surface area contributed by atoms with Crippen molar-refractivity contribution in [1.82, 2.24) is 10.6 Å². The lowest BCUT2D eigenvalue weighted by atomic mass is 9.87. The van der Waals surface area contributed by atoms with Crippen molar-refractivity contribution in [3.8, 4) is 5.75 Å². The fourth-order valence-corrected chi connectivity index (χ4v) is 4.11. The van der Waals surface area contributed by atoms with Crippen molar-refractivity contribution < 1.29 is 19.1 Å². The summed E-state index contributed by atoms with van der Waals surface area (Å²) in [6.07, 6.45) is 4.61. The zero-order valence-electron chi connectivity index (χ0n) is 17.2. The number of amides is 2. The Morgan fingerprint density at radius 1 is 1.11 bits per heavy atom. The lowest BCUT2D eigenvalue weighted by Gasteiger charge is -2.30. The number of fused-ring (bicyclic) bond motifs is 2. The molecule has 1 aromatic carbocycles. The molecular weight excluding hydrogens is 356 g/mol. The molecule has 28 heavy (non-hydrogen) atoms. The number of methoxy groups -OCH3 is 1. The minimum Gasteiger partial charge on any atom is -0.497 e. The van der Waals surface area contributed by atoms with Crippen LogP contribution in [0.2, 0.25) is 0 Å². The monoisotopic (exact) mass is 386 g/mol. The Morgan fingerprint density at radius 2 is 1.75 bits per heavy atom. The van der Waals surface area contributed by atoms with Crippen molar-refractivity contribution in [1.29, 1.82) is 0 Å². The minimum atomic E-state index is -0.571. The summed E-state index contributed by atoms with van der Waals surface area (Å²) in [7, 11) is 1.63. The summed E-state index contributed by atoms with van der Waals surface area (Å²) in [6, 6.07) is 7.27. The molecular formula is C22H30N2O4. The molecule has 6 heteroatoms. The highest BCUT2D eigenvalue weighted by Crippen LogP contribution is 2.44. The molecule has 3 rings (SSSR count). The first-order chi connectivity index (χ1) is 13.2. The van der Waals surface area contributed by atoms with E-state index in [9.17, 15) is 9.59 Å². The first-order valence-electron chi connectivity index (χ1n) is 9.80. The average Bonchev–Trinajstić information content (AvgIpc) is 3.21. The van der Waals surface area contributed by atoms with Gasteiger partial charge in [-0.05, 0) is 63.6 Å². The zero-order valence-corrected chi connectivity index (χ0v) is 17.2. The molecule has 2 N–H and O–H groups in total. The Labute approximate surface area is 166 Å². The molecule has 2 aliphatic rings. The van der Waals surface area contributed by atoms with Gasteiger partial charge in [-0.15, -0.1) is 0 Å². The van der Waals surface area contributed by atoms with Gasteiger partial charge in [-0.2, -0.15) is 0 Å². The van der Waals surface area contributed by atoms with E-state index in [-0.39, 0.29) is 35.7 Å². The molecule has 0 unspecified atom stereocenters. The standard InChI is InChI=1S/C22H30N2O4/c1-13(14-8-10-17(27-5)11-9-14)23-20(25)18-15-6-7-16(12-15)19(18)24-21(26)28-22(2,3)4/h6-11,13,15-16,18-19H,12H2,1-5H3,(H,23,25)(H,24,26)/t13-,15+,16-,18-,19+/m1/s1. The lowest BCUT2D eigenvalue weighted by Crippen LogP contribution is -2.50. The largest absolute Gasteiger partial charge is 0.497 e. The smallest absolute Gasteiger partial charge is 0.407 e. The maximum absolute atomic E-state index is 13.1. The summed E-state index contributed by atoms with van der Waals surface area (Å²) in [5.74, 6) is 0.768. The third kappa shape index (κ3) is 4.49. The summed E-state index contributed by atoms with van der Waals surface area (Å²) in [6.45, 7) is 7.44. The van der Waals surface area contributed by atoms with Crippen LogP contribution in [0.5, 0.6) is 5.75 Å². The second kappa shape index (κ2) is 7.86. The molecule has 6 nitrogen and oxygen atoms in total. The molecule has 2 amide bonds. The van der Waals surface area contributed by atoms with Crippen LogP contribution in [0.3, 0.4) is 0 Å². The zero-order chi connectivity index (χ0) is 20.5. The fourth-order valence-electron chi connectivity index (χ4n) is 4.11. The van der Waals surface area contributed by atoms with Gasteiger partial charge in [0, 0.05) is 0 Å². The maximum Gasteiger partial charge on any atom is 0.407 e. The second-order valence-electron chi connectivity index (χ2n) is 8.65. The highest BCUT2D eigenvalue weighted by atomic mass is 16.6. The number of alkyl carbamates (subject to hydrolysis) is 1. The van der Waals surface area contributed by atoms with Crippen LogP contribution in [0.1, 0.15) is 45.7 Å². The SMILES string of the molecule is COc1ccc([C@@H](C)NC(=O)[C@H]2[C@@H](NC(=O)OC(C)(C)C)[C@@H]3C=C[C@H]2C3)cc1. The van der Waals surface area contributed by atoms with E-state index in [4.69, 9.17) is 9.47 Å². The van der Waals surface area contributed by atoms with Gasteiger partial charge < -0.3 is 20.1 Å². The molecule has 1 fully saturated rings. The molecule has 0 radical (unpaired) electrons. The number of carbonyl (C=O) groups is 2. The molecule has 2 bridgehead atoms. The number of benzene rings is 1. The van der Waals surface area contributed by atoms with Gasteiger partial charge in [-0.25, -0.2) is 4.79 Å². The van der Waals surface area contributed by atoms with Crippen LogP contribution in [-0.4, -0.2) is 30.8 Å². The molecule has 0 aliphatic heterocycles. The summed E-state index contributed by atoms with van der Waals surface area (Å²) >= 11 is 0. The van der Waals surface area contributed by atoms with Crippen molar-refractivity contribution in [2.24, 2.45) is 17.8 Å². The van der Waals surface area contributed by atoms with E-state index < -0.39 is 11.7 Å². The van der Waals surface area contributed by atoms with Crippen LogP contribution in [0.4, 0.5) is 4.79 Å². The van der Waals surface area contributed by atoms with Gasteiger partial charge >= 0.3 is 6.09 Å². The first kappa shape index (κ1) is 20.2. The third-order valence-corrected chi connectivity index (χ3v) is 5.42. The molecule has 0 heterocycles. The molecule has 0 spiro atoms. The number of nitrogens with one attached hydrogen (secondary N) is 2. The van der Waals surface area contributed by atoms with Gasteiger partial charge in [0.25, 0.3) is 0 Å². The normalized spacial score (nSPS) is 26.6. The molecule has 5 atom stereocenters. The number of hydrogen-bond acceptors (Lipinski definition) is 4.